The molecule has 0 saturated heterocycles. The smallest absolute Gasteiger partial charge is 0.0607 e. The number of aromatic nitrogens is 1. The molecule has 3 aliphatic carbocycles. The molecule has 174 valence electrons. The van der Waals surface area contributed by atoms with E-state index in [1.807, 2.05) is 19.2 Å². The van der Waals surface area contributed by atoms with Crippen LogP contribution in [0.25, 0.3) is 0 Å². The lowest BCUT2D eigenvalue weighted by atomic mass is 9.55. The number of fused-ring (bicyclic) bond motifs is 4. The Bertz CT molecular complexity index is 1270. The van der Waals surface area contributed by atoms with Crippen molar-refractivity contribution in [3.63, 3.8) is 0 Å². The first-order valence-electron chi connectivity index (χ1n) is 12.5. The van der Waals surface area contributed by atoms with Gasteiger partial charge in [0.1, 0.15) is 0 Å². The summed E-state index contributed by atoms with van der Waals surface area (Å²) in [6, 6.07) is 21.8. The molecule has 0 amide bonds. The molecule has 3 aromatic rings. The second-order valence-electron chi connectivity index (χ2n) is 10.6. The second kappa shape index (κ2) is 8.07. The summed E-state index contributed by atoms with van der Waals surface area (Å²) in [4.78, 5) is 4.42. The zero-order valence-electron chi connectivity index (χ0n) is 19.8. The van der Waals surface area contributed by atoms with Crippen molar-refractivity contribution in [3.8, 4) is 0 Å². The van der Waals surface area contributed by atoms with Gasteiger partial charge in [0, 0.05) is 22.8 Å². The largest absolute Gasteiger partial charge is 0.393 e. The number of nitrogens with zero attached hydrogens (tertiary/aromatic N) is 1. The summed E-state index contributed by atoms with van der Waals surface area (Å²) in [7, 11) is 0. The molecule has 2 unspecified atom stereocenters. The van der Waals surface area contributed by atoms with Gasteiger partial charge in [-0.25, -0.2) is 0 Å². The molecule has 0 radical (unpaired) electrons. The lowest BCUT2D eigenvalue weighted by Gasteiger charge is -2.50. The van der Waals surface area contributed by atoms with E-state index in [0.29, 0.717) is 6.42 Å². The van der Waals surface area contributed by atoms with Crippen LogP contribution in [-0.4, -0.2) is 21.7 Å². The number of nitrogens with one attached hydrogen (secondary N) is 1. The van der Waals surface area contributed by atoms with E-state index >= 15 is 0 Å². The van der Waals surface area contributed by atoms with Gasteiger partial charge in [0.15, 0.2) is 0 Å². The molecule has 1 fully saturated rings. The van der Waals surface area contributed by atoms with Crippen LogP contribution in [-0.2, 0) is 18.3 Å². The Morgan fingerprint density at radius 3 is 2.71 bits per heavy atom. The number of hydrogen-bond donors (Lipinski definition) is 3. The predicted octanol–water partition coefficient (Wildman–Crippen LogP) is 5.50. The molecular formula is C30H33N3O. The van der Waals surface area contributed by atoms with Crippen LogP contribution in [0.2, 0.25) is 0 Å². The van der Waals surface area contributed by atoms with Gasteiger partial charge in [-0.2, -0.15) is 0 Å². The average Bonchev–Trinajstić information content (AvgIpc) is 3.15. The van der Waals surface area contributed by atoms with Gasteiger partial charge in [-0.1, -0.05) is 42.0 Å². The Morgan fingerprint density at radius 2 is 1.88 bits per heavy atom. The molecule has 4 heteroatoms. The Kier molecular flexibility index (Phi) is 5.12. The summed E-state index contributed by atoms with van der Waals surface area (Å²) in [5.74, 6) is 0. The number of rotatable bonds is 4. The zero-order chi connectivity index (χ0) is 23.3. The van der Waals surface area contributed by atoms with Crippen molar-refractivity contribution in [2.45, 2.75) is 68.9 Å². The summed E-state index contributed by atoms with van der Waals surface area (Å²) in [6.07, 6.45) is 7.95. The van der Waals surface area contributed by atoms with Crippen LogP contribution in [0, 0.1) is 6.92 Å². The van der Waals surface area contributed by atoms with Gasteiger partial charge < -0.3 is 16.2 Å². The van der Waals surface area contributed by atoms with Crippen LogP contribution in [0.3, 0.4) is 0 Å². The van der Waals surface area contributed by atoms with Gasteiger partial charge in [0.2, 0.25) is 0 Å². The molecule has 0 spiro atoms. The maximum atomic E-state index is 10.6. The van der Waals surface area contributed by atoms with E-state index in [1.165, 1.54) is 27.8 Å². The average molecular weight is 452 g/mol. The fourth-order valence-corrected chi connectivity index (χ4v) is 6.91. The molecule has 4 N–H and O–H groups in total. The number of anilines is 2. The third-order valence-electron chi connectivity index (χ3n) is 8.48. The maximum absolute atomic E-state index is 10.6. The first kappa shape index (κ1) is 21.6. The number of benzene rings is 2. The van der Waals surface area contributed by atoms with Crippen molar-refractivity contribution in [1.82, 2.24) is 4.98 Å². The number of aliphatic hydroxyl groups is 1. The minimum atomic E-state index is -0.328. The Hall–Kier alpha value is -2.95. The molecule has 3 aliphatic rings. The van der Waals surface area contributed by atoms with Gasteiger partial charge in [0.25, 0.3) is 0 Å². The third-order valence-corrected chi connectivity index (χ3v) is 8.48. The molecule has 4 nitrogen and oxygen atoms in total. The van der Waals surface area contributed by atoms with E-state index in [2.05, 4.69) is 64.9 Å². The highest BCUT2D eigenvalue weighted by Gasteiger charge is 2.52. The number of aliphatic hydroxyl groups excluding tert-OH is 1. The van der Waals surface area contributed by atoms with E-state index in [9.17, 15) is 5.11 Å². The summed E-state index contributed by atoms with van der Waals surface area (Å²) >= 11 is 0. The van der Waals surface area contributed by atoms with Gasteiger partial charge in [-0.15, -0.1) is 0 Å². The van der Waals surface area contributed by atoms with E-state index in [1.54, 1.807) is 0 Å². The van der Waals surface area contributed by atoms with E-state index < -0.39 is 0 Å². The summed E-state index contributed by atoms with van der Waals surface area (Å²) in [5.41, 5.74) is 16.8. The van der Waals surface area contributed by atoms with Crippen LogP contribution in [0.5, 0.6) is 0 Å². The molecule has 1 heterocycles. The molecule has 3 atom stereocenters. The molecular weight excluding hydrogens is 418 g/mol. The minimum absolute atomic E-state index is 0.0417. The van der Waals surface area contributed by atoms with Crippen molar-refractivity contribution in [2.75, 3.05) is 5.32 Å². The molecule has 1 aromatic heterocycles. The number of hydrogen-bond acceptors (Lipinski definition) is 4. The maximum Gasteiger partial charge on any atom is 0.0607 e. The molecule has 0 bridgehead atoms. The molecule has 1 saturated carbocycles. The SMILES string of the molecule is Cc1ncccc1Nc1ccc2c(c1)CCC1=C3CC(O)C[C@]3(N)CCC12Cc1ccccc1. The van der Waals surface area contributed by atoms with Gasteiger partial charge in [-0.3, -0.25) is 4.98 Å². The van der Waals surface area contributed by atoms with Crippen molar-refractivity contribution >= 4 is 11.4 Å². The summed E-state index contributed by atoms with van der Waals surface area (Å²) < 4.78 is 0. The highest BCUT2D eigenvalue weighted by atomic mass is 16.3. The first-order valence-corrected chi connectivity index (χ1v) is 12.5. The third kappa shape index (κ3) is 3.48. The molecule has 2 aromatic carbocycles. The van der Waals surface area contributed by atoms with Gasteiger partial charge >= 0.3 is 0 Å². The number of aryl methyl sites for hydroxylation is 2. The lowest BCUT2D eigenvalue weighted by Crippen LogP contribution is -2.49. The highest BCUT2D eigenvalue weighted by molar-refractivity contribution is 5.65. The second-order valence-corrected chi connectivity index (χ2v) is 10.6. The molecule has 6 rings (SSSR count). The van der Waals surface area contributed by atoms with E-state index in [0.717, 1.165) is 55.6 Å². The lowest BCUT2D eigenvalue weighted by molar-refractivity contribution is 0.171. The fourth-order valence-electron chi connectivity index (χ4n) is 6.91. The number of pyridine rings is 1. The standard InChI is InChI=1S/C30H33N3O/c1-20-28(8-5-15-32-20)33-23-10-12-25-22(16-23)9-11-26-27-17-24(34)19-30(27,31)14-13-29(25,26)18-21-6-3-2-4-7-21/h2-8,10,12,15-16,24,33-34H,9,11,13-14,17-19,31H2,1H3/t24?,29?,30-/m1/s1. The molecule has 34 heavy (non-hydrogen) atoms. The first-order chi connectivity index (χ1) is 16.5. The fraction of sp³-hybridized carbons (Fsp3) is 0.367. The van der Waals surface area contributed by atoms with Crippen LogP contribution < -0.4 is 11.1 Å². The van der Waals surface area contributed by atoms with Crippen LogP contribution in [0.4, 0.5) is 11.4 Å². The Morgan fingerprint density at radius 1 is 1.03 bits per heavy atom. The van der Waals surface area contributed by atoms with Crippen LogP contribution in [0.1, 0.15) is 54.5 Å². The van der Waals surface area contributed by atoms with Crippen molar-refractivity contribution in [2.24, 2.45) is 5.73 Å². The number of nitrogens with two attached hydrogens (primary N) is 1. The monoisotopic (exact) mass is 451 g/mol. The quantitative estimate of drug-likeness (QED) is 0.458. The number of allylic oxidation sites excluding steroid dienone is 1. The van der Waals surface area contributed by atoms with Gasteiger partial charge in [-0.05, 0) is 98.4 Å². The minimum Gasteiger partial charge on any atom is -0.393 e. The van der Waals surface area contributed by atoms with Crippen molar-refractivity contribution < 1.29 is 5.11 Å². The zero-order valence-corrected chi connectivity index (χ0v) is 19.8. The topological polar surface area (TPSA) is 71.2 Å². The van der Waals surface area contributed by atoms with Crippen molar-refractivity contribution in [1.29, 1.82) is 0 Å². The van der Waals surface area contributed by atoms with Crippen LogP contribution in [0.15, 0.2) is 78.0 Å². The summed E-state index contributed by atoms with van der Waals surface area (Å²) in [6.45, 7) is 2.03. The van der Waals surface area contributed by atoms with Crippen molar-refractivity contribution in [3.05, 3.63) is 100 Å². The highest BCUT2D eigenvalue weighted by Crippen LogP contribution is 2.57. The normalized spacial score (nSPS) is 27.7. The Labute approximate surface area is 201 Å². The predicted molar refractivity (Wildman–Crippen MR) is 137 cm³/mol. The Balaban J connectivity index is 1.46. The van der Waals surface area contributed by atoms with Crippen LogP contribution >= 0.6 is 0 Å². The van der Waals surface area contributed by atoms with Gasteiger partial charge in [0.05, 0.1) is 17.5 Å². The summed E-state index contributed by atoms with van der Waals surface area (Å²) in [5, 5.41) is 14.1. The molecule has 0 aliphatic heterocycles. The van der Waals surface area contributed by atoms with E-state index in [4.69, 9.17) is 5.73 Å². The van der Waals surface area contributed by atoms with E-state index in [-0.39, 0.29) is 17.1 Å².